The Morgan fingerprint density at radius 1 is 1.05 bits per heavy atom. The van der Waals surface area contributed by atoms with Crippen LogP contribution in [0.4, 0.5) is 0 Å². The number of hydrogen-bond acceptors (Lipinski definition) is 3. The third-order valence-electron chi connectivity index (χ3n) is 4.78. The van der Waals surface area contributed by atoms with E-state index in [4.69, 9.17) is 0 Å². The maximum atomic E-state index is 12.3. The highest BCUT2D eigenvalue weighted by Crippen LogP contribution is 2.40. The van der Waals surface area contributed by atoms with Gasteiger partial charge >= 0.3 is 0 Å². The van der Waals surface area contributed by atoms with E-state index in [1.54, 1.807) is 0 Å². The molecule has 0 atom stereocenters. The van der Waals surface area contributed by atoms with Crippen LogP contribution in [0.1, 0.15) is 40.7 Å². The van der Waals surface area contributed by atoms with E-state index in [2.05, 4.69) is 10.2 Å². The quantitative estimate of drug-likeness (QED) is 0.733. The normalized spacial score (nSPS) is 15.2. The average Bonchev–Trinajstić information content (AvgIpc) is 2.88. The lowest BCUT2D eigenvalue weighted by atomic mass is 9.88. The van der Waals surface area contributed by atoms with Crippen molar-refractivity contribution >= 4 is 0 Å². The minimum atomic E-state index is 0.0650. The van der Waals surface area contributed by atoms with Gasteiger partial charge in [-0.05, 0) is 47.9 Å². The van der Waals surface area contributed by atoms with Crippen LogP contribution < -0.4 is 5.56 Å². The third-order valence-corrected chi connectivity index (χ3v) is 4.78. The topological polar surface area (TPSA) is 62.3 Å². The van der Waals surface area contributed by atoms with Crippen LogP contribution in [0.15, 0.2) is 28.2 Å². The Bertz CT molecular complexity index is 805. The van der Waals surface area contributed by atoms with E-state index in [0.717, 1.165) is 60.1 Å². The fourth-order valence-corrected chi connectivity index (χ4v) is 3.80. The molecule has 0 fully saturated rings. The van der Waals surface area contributed by atoms with E-state index >= 15 is 0 Å². The summed E-state index contributed by atoms with van der Waals surface area (Å²) in [6.07, 6.45) is 4.95. The SMILES string of the molecule is O=NCc1cccc2c1Cc1c-2[nH]c(=O)c2c1CCCC2. The van der Waals surface area contributed by atoms with E-state index in [-0.39, 0.29) is 12.1 Å². The standard InChI is InChI=1S/C17H16N2O2/c20-17-13-6-2-1-5-11(13)15-8-14-10(9-18-21)4-3-7-12(14)16(15)19-17/h3-4,7H,1-2,5-6,8-9H2,(H,19,20). The first-order chi connectivity index (χ1) is 10.3. The first kappa shape index (κ1) is 12.5. The Morgan fingerprint density at radius 3 is 2.67 bits per heavy atom. The van der Waals surface area contributed by atoms with Crippen molar-refractivity contribution in [2.75, 3.05) is 0 Å². The van der Waals surface area contributed by atoms with Crippen LogP contribution in [0, 0.1) is 4.91 Å². The summed E-state index contributed by atoms with van der Waals surface area (Å²) in [6, 6.07) is 5.92. The Kier molecular flexibility index (Phi) is 2.77. The van der Waals surface area contributed by atoms with Crippen molar-refractivity contribution in [3.63, 3.8) is 0 Å². The van der Waals surface area contributed by atoms with Gasteiger partial charge in [-0.2, -0.15) is 4.91 Å². The van der Waals surface area contributed by atoms with Gasteiger partial charge in [-0.1, -0.05) is 23.4 Å². The van der Waals surface area contributed by atoms with E-state index in [1.165, 1.54) is 11.1 Å². The van der Waals surface area contributed by atoms with Gasteiger partial charge in [0.2, 0.25) is 0 Å². The second-order valence-corrected chi connectivity index (χ2v) is 5.88. The van der Waals surface area contributed by atoms with Crippen LogP contribution in [0.2, 0.25) is 0 Å². The number of nitrogens with one attached hydrogen (secondary N) is 1. The van der Waals surface area contributed by atoms with E-state index in [0.29, 0.717) is 0 Å². The highest BCUT2D eigenvalue weighted by Gasteiger charge is 2.28. The first-order valence-electron chi connectivity index (χ1n) is 7.46. The smallest absolute Gasteiger partial charge is 0.251 e. The number of nitrogens with zero attached hydrogens (tertiary/aromatic N) is 1. The molecule has 106 valence electrons. The van der Waals surface area contributed by atoms with Crippen molar-refractivity contribution in [1.29, 1.82) is 0 Å². The Labute approximate surface area is 122 Å². The minimum Gasteiger partial charge on any atom is -0.321 e. The lowest BCUT2D eigenvalue weighted by molar-refractivity contribution is 0.672. The summed E-state index contributed by atoms with van der Waals surface area (Å²) in [5.41, 5.74) is 7.71. The highest BCUT2D eigenvalue weighted by molar-refractivity contribution is 5.76. The zero-order valence-electron chi connectivity index (χ0n) is 11.7. The van der Waals surface area contributed by atoms with Crippen LogP contribution in [0.25, 0.3) is 11.3 Å². The molecule has 2 aromatic rings. The summed E-state index contributed by atoms with van der Waals surface area (Å²) >= 11 is 0. The van der Waals surface area contributed by atoms with Gasteiger partial charge in [0.05, 0.1) is 5.69 Å². The summed E-state index contributed by atoms with van der Waals surface area (Å²) in [7, 11) is 0. The van der Waals surface area contributed by atoms with Gasteiger partial charge in [0.25, 0.3) is 5.56 Å². The molecule has 1 aromatic carbocycles. The zero-order chi connectivity index (χ0) is 14.4. The van der Waals surface area contributed by atoms with Crippen LogP contribution in [-0.4, -0.2) is 4.98 Å². The van der Waals surface area contributed by atoms with Crippen molar-refractivity contribution in [3.05, 3.63) is 61.3 Å². The molecule has 0 spiro atoms. The predicted octanol–water partition coefficient (Wildman–Crippen LogP) is 3.09. The number of benzene rings is 1. The summed E-state index contributed by atoms with van der Waals surface area (Å²) < 4.78 is 0. The van der Waals surface area contributed by atoms with Crippen LogP contribution >= 0.6 is 0 Å². The predicted molar refractivity (Wildman–Crippen MR) is 81.4 cm³/mol. The highest BCUT2D eigenvalue weighted by atomic mass is 16.3. The Morgan fingerprint density at radius 2 is 1.86 bits per heavy atom. The molecular formula is C17H16N2O2. The lowest BCUT2D eigenvalue weighted by Crippen LogP contribution is -2.21. The van der Waals surface area contributed by atoms with Gasteiger partial charge in [-0.25, -0.2) is 0 Å². The molecule has 4 heteroatoms. The van der Waals surface area contributed by atoms with Crippen molar-refractivity contribution in [2.45, 2.75) is 38.6 Å². The van der Waals surface area contributed by atoms with Crippen molar-refractivity contribution in [2.24, 2.45) is 5.18 Å². The van der Waals surface area contributed by atoms with Crippen LogP contribution in [-0.2, 0) is 25.8 Å². The fourth-order valence-electron chi connectivity index (χ4n) is 3.80. The van der Waals surface area contributed by atoms with E-state index in [9.17, 15) is 9.70 Å². The summed E-state index contributed by atoms with van der Waals surface area (Å²) in [5.74, 6) is 0. The molecule has 1 N–H and O–H groups in total. The molecule has 0 saturated heterocycles. The Hall–Kier alpha value is -2.23. The maximum absolute atomic E-state index is 12.3. The zero-order valence-corrected chi connectivity index (χ0v) is 11.7. The number of rotatable bonds is 2. The second kappa shape index (κ2) is 4.65. The molecule has 4 nitrogen and oxygen atoms in total. The van der Waals surface area contributed by atoms with Gasteiger partial charge in [-0.15, -0.1) is 0 Å². The second-order valence-electron chi connectivity index (χ2n) is 5.88. The number of pyridine rings is 1. The molecule has 1 heterocycles. The summed E-state index contributed by atoms with van der Waals surface area (Å²) in [6.45, 7) is 0.198. The van der Waals surface area contributed by atoms with Gasteiger partial charge in [-0.3, -0.25) is 4.79 Å². The lowest BCUT2D eigenvalue weighted by Gasteiger charge is -2.18. The first-order valence-corrected chi connectivity index (χ1v) is 7.46. The number of hydrogen-bond donors (Lipinski definition) is 1. The van der Waals surface area contributed by atoms with E-state index in [1.807, 2.05) is 18.2 Å². The molecule has 1 aromatic heterocycles. The van der Waals surface area contributed by atoms with E-state index < -0.39 is 0 Å². The third kappa shape index (κ3) is 1.78. The molecule has 21 heavy (non-hydrogen) atoms. The van der Waals surface area contributed by atoms with Crippen molar-refractivity contribution < 1.29 is 0 Å². The van der Waals surface area contributed by atoms with Crippen LogP contribution in [0.3, 0.4) is 0 Å². The van der Waals surface area contributed by atoms with Crippen molar-refractivity contribution in [3.8, 4) is 11.3 Å². The molecule has 2 aliphatic carbocycles. The maximum Gasteiger partial charge on any atom is 0.251 e. The van der Waals surface area contributed by atoms with Gasteiger partial charge in [0.1, 0.15) is 6.54 Å². The molecular weight excluding hydrogens is 264 g/mol. The average molecular weight is 280 g/mol. The van der Waals surface area contributed by atoms with Crippen LogP contribution in [0.5, 0.6) is 0 Å². The summed E-state index contributed by atoms with van der Waals surface area (Å²) in [4.78, 5) is 26.0. The number of H-pyrrole nitrogens is 1. The molecule has 0 bridgehead atoms. The number of aromatic nitrogens is 1. The van der Waals surface area contributed by atoms with Gasteiger partial charge in [0, 0.05) is 17.5 Å². The largest absolute Gasteiger partial charge is 0.321 e. The number of nitroso groups, excluding NO2 is 1. The molecule has 4 rings (SSSR count). The van der Waals surface area contributed by atoms with Gasteiger partial charge < -0.3 is 4.98 Å². The number of fused-ring (bicyclic) bond motifs is 5. The fraction of sp³-hybridized carbons (Fsp3) is 0.353. The summed E-state index contributed by atoms with van der Waals surface area (Å²) in [5, 5.41) is 3.03. The molecule has 0 amide bonds. The van der Waals surface area contributed by atoms with Crippen molar-refractivity contribution in [1.82, 2.24) is 4.98 Å². The monoisotopic (exact) mass is 280 g/mol. The van der Waals surface area contributed by atoms with Gasteiger partial charge in [0.15, 0.2) is 0 Å². The Balaban J connectivity index is 1.95. The number of aromatic amines is 1. The molecule has 0 radical (unpaired) electrons. The minimum absolute atomic E-state index is 0.0650. The molecule has 0 aliphatic heterocycles. The molecule has 0 unspecified atom stereocenters. The molecule has 0 saturated carbocycles. The molecule has 2 aliphatic rings.